The maximum atomic E-state index is 12.4. The van der Waals surface area contributed by atoms with Crippen LogP contribution in [-0.2, 0) is 19.9 Å². The summed E-state index contributed by atoms with van der Waals surface area (Å²) in [6.07, 6.45) is 0. The third-order valence-electron chi connectivity index (χ3n) is 3.47. The van der Waals surface area contributed by atoms with E-state index in [9.17, 15) is 37.1 Å². The Morgan fingerprint density at radius 1 is 0.929 bits per heavy atom. The molecule has 0 saturated carbocycles. The number of hydrogen-bond donors (Lipinski definition) is 2. The molecule has 12 nitrogen and oxygen atoms in total. The highest BCUT2D eigenvalue weighted by Crippen LogP contribution is 2.30. The van der Waals surface area contributed by atoms with Crippen LogP contribution in [0.1, 0.15) is 0 Å². The maximum Gasteiger partial charge on any atom is 0.294 e. The Balaban J connectivity index is 2.49. The van der Waals surface area contributed by atoms with Crippen LogP contribution in [0.5, 0.6) is 0 Å². The van der Waals surface area contributed by atoms with Gasteiger partial charge in [0.25, 0.3) is 21.4 Å². The van der Waals surface area contributed by atoms with E-state index in [0.717, 1.165) is 36.4 Å². The number of benzene rings is 2. The molecule has 150 valence electrons. The number of nitro groups is 2. The summed E-state index contributed by atoms with van der Waals surface area (Å²) < 4.78 is 50.7. The predicted molar refractivity (Wildman–Crippen MR) is 96.1 cm³/mol. The monoisotopic (exact) mass is 431 g/mol. The normalized spacial score (nSPS) is 11.8. The molecule has 0 spiro atoms. The molecule has 28 heavy (non-hydrogen) atoms. The number of nitrogens with one attached hydrogen (secondary N) is 1. The van der Waals surface area contributed by atoms with E-state index >= 15 is 0 Å². The number of aliphatic hydroxyl groups excluding tert-OH is 1. The Hall–Kier alpha value is -3.10. The van der Waals surface area contributed by atoms with Crippen LogP contribution in [0.4, 0.5) is 17.1 Å². The zero-order valence-corrected chi connectivity index (χ0v) is 15.5. The highest BCUT2D eigenvalue weighted by Gasteiger charge is 2.25. The largest absolute Gasteiger partial charge is 0.395 e. The van der Waals surface area contributed by atoms with Gasteiger partial charge in [-0.3, -0.25) is 25.0 Å². The molecule has 2 N–H and O–H groups in total. The first-order valence-electron chi connectivity index (χ1n) is 7.37. The number of sulfonamides is 1. The molecule has 2 aromatic rings. The quantitative estimate of drug-likeness (QED) is 0.455. The lowest BCUT2D eigenvalue weighted by atomic mass is 10.3. The lowest BCUT2D eigenvalue weighted by Crippen LogP contribution is -2.15. The lowest BCUT2D eigenvalue weighted by molar-refractivity contribution is -0.385. The average Bonchev–Trinajstić information content (AvgIpc) is 2.61. The van der Waals surface area contributed by atoms with Crippen LogP contribution in [0.3, 0.4) is 0 Å². The predicted octanol–water partition coefficient (Wildman–Crippen LogP) is 1.07. The van der Waals surface area contributed by atoms with Gasteiger partial charge >= 0.3 is 0 Å². The summed E-state index contributed by atoms with van der Waals surface area (Å²) in [6, 6.07) is 6.53. The minimum Gasteiger partial charge on any atom is -0.395 e. The van der Waals surface area contributed by atoms with Crippen molar-refractivity contribution in [3.05, 3.63) is 62.7 Å². The molecular weight excluding hydrogens is 418 g/mol. The van der Waals surface area contributed by atoms with Gasteiger partial charge in [0.05, 0.1) is 32.0 Å². The third-order valence-corrected chi connectivity index (χ3v) is 6.52. The van der Waals surface area contributed by atoms with Crippen molar-refractivity contribution >= 4 is 36.9 Å². The average molecular weight is 431 g/mol. The molecule has 0 saturated heterocycles. The standard InChI is InChI=1S/C14H13N3O9S2/c18-6-7-27(23,24)11-4-5-13(14(9-11)17(21)22)15-28(25,26)12-3-1-2-10(8-12)16(19)20/h1-5,8-9,15,18H,6-7H2. The second-order valence-electron chi connectivity index (χ2n) is 5.34. The molecule has 0 unspecified atom stereocenters. The van der Waals surface area contributed by atoms with E-state index in [-0.39, 0.29) is 0 Å². The van der Waals surface area contributed by atoms with Crippen molar-refractivity contribution in [3.63, 3.8) is 0 Å². The van der Waals surface area contributed by atoms with Gasteiger partial charge in [-0.05, 0) is 18.2 Å². The molecule has 0 aliphatic heterocycles. The van der Waals surface area contributed by atoms with E-state index in [1.165, 1.54) is 0 Å². The second kappa shape index (κ2) is 7.87. The number of anilines is 1. The van der Waals surface area contributed by atoms with E-state index in [0.29, 0.717) is 6.07 Å². The van der Waals surface area contributed by atoms with Crippen LogP contribution in [-0.4, -0.2) is 44.1 Å². The maximum absolute atomic E-state index is 12.4. The summed E-state index contributed by atoms with van der Waals surface area (Å²) in [6.45, 7) is -0.697. The molecular formula is C14H13N3O9S2. The summed E-state index contributed by atoms with van der Waals surface area (Å²) in [4.78, 5) is 19.3. The Labute approximate surface area is 158 Å². The zero-order chi connectivity index (χ0) is 21.1. The highest BCUT2D eigenvalue weighted by atomic mass is 32.2. The summed E-state index contributed by atoms with van der Waals surface area (Å²) in [5.41, 5.74) is -1.87. The fraction of sp³-hybridized carbons (Fsp3) is 0.143. The summed E-state index contributed by atoms with van der Waals surface area (Å²) in [5.74, 6) is -0.664. The molecule has 0 aliphatic carbocycles. The Morgan fingerprint density at radius 3 is 2.18 bits per heavy atom. The Morgan fingerprint density at radius 2 is 1.61 bits per heavy atom. The van der Waals surface area contributed by atoms with Crippen LogP contribution in [0.2, 0.25) is 0 Å². The van der Waals surface area contributed by atoms with E-state index in [2.05, 4.69) is 0 Å². The molecule has 0 aromatic heterocycles. The number of nitrogens with zero attached hydrogens (tertiary/aromatic N) is 2. The van der Waals surface area contributed by atoms with Crippen LogP contribution in [0, 0.1) is 20.2 Å². The molecule has 0 radical (unpaired) electrons. The third kappa shape index (κ3) is 4.59. The fourth-order valence-corrected chi connectivity index (χ4v) is 4.30. The van der Waals surface area contributed by atoms with E-state index in [1.54, 1.807) is 0 Å². The first-order chi connectivity index (χ1) is 13.0. The topological polar surface area (TPSA) is 187 Å². The van der Waals surface area contributed by atoms with Crippen LogP contribution in [0.15, 0.2) is 52.3 Å². The number of hydrogen-bond acceptors (Lipinski definition) is 9. The Bertz CT molecular complexity index is 1140. The number of aliphatic hydroxyl groups is 1. The van der Waals surface area contributed by atoms with Crippen LogP contribution < -0.4 is 4.72 Å². The minimum absolute atomic E-state index is 0.466. The molecule has 0 amide bonds. The SMILES string of the molecule is O=[N+]([O-])c1cccc(S(=O)(=O)Nc2ccc(S(=O)(=O)CCO)cc2[N+](=O)[O-])c1. The van der Waals surface area contributed by atoms with Crippen molar-refractivity contribution in [1.29, 1.82) is 0 Å². The zero-order valence-electron chi connectivity index (χ0n) is 13.9. The van der Waals surface area contributed by atoms with Gasteiger partial charge in [-0.1, -0.05) is 6.07 Å². The number of rotatable bonds is 8. The van der Waals surface area contributed by atoms with Crippen molar-refractivity contribution in [3.8, 4) is 0 Å². The van der Waals surface area contributed by atoms with E-state index in [4.69, 9.17) is 5.11 Å². The van der Waals surface area contributed by atoms with Crippen molar-refractivity contribution in [1.82, 2.24) is 0 Å². The van der Waals surface area contributed by atoms with Gasteiger partial charge in [0.2, 0.25) is 0 Å². The summed E-state index contributed by atoms with van der Waals surface area (Å²) >= 11 is 0. The molecule has 0 bridgehead atoms. The molecule has 14 heteroatoms. The second-order valence-corrected chi connectivity index (χ2v) is 9.13. The van der Waals surface area contributed by atoms with Gasteiger partial charge in [0.1, 0.15) is 5.69 Å². The first-order valence-corrected chi connectivity index (χ1v) is 10.5. The molecule has 2 aromatic carbocycles. The minimum atomic E-state index is -4.43. The number of non-ortho nitro benzene ring substituents is 1. The highest BCUT2D eigenvalue weighted by molar-refractivity contribution is 7.92. The molecule has 0 heterocycles. The van der Waals surface area contributed by atoms with Crippen LogP contribution in [0.25, 0.3) is 0 Å². The van der Waals surface area contributed by atoms with Gasteiger partial charge in [-0.2, -0.15) is 0 Å². The summed E-state index contributed by atoms with van der Waals surface area (Å²) in [5, 5.41) is 30.8. The molecule has 0 aliphatic rings. The van der Waals surface area contributed by atoms with Gasteiger partial charge < -0.3 is 5.11 Å². The lowest BCUT2D eigenvalue weighted by Gasteiger charge is -2.10. The van der Waals surface area contributed by atoms with Gasteiger partial charge in [-0.15, -0.1) is 0 Å². The van der Waals surface area contributed by atoms with Crippen molar-refractivity contribution < 1.29 is 31.8 Å². The number of sulfone groups is 1. The van der Waals surface area contributed by atoms with Crippen LogP contribution >= 0.6 is 0 Å². The van der Waals surface area contributed by atoms with Gasteiger partial charge in [0.15, 0.2) is 9.84 Å². The smallest absolute Gasteiger partial charge is 0.294 e. The Kier molecular flexibility index (Phi) is 5.96. The van der Waals surface area contributed by atoms with Crippen molar-refractivity contribution in [2.75, 3.05) is 17.1 Å². The number of nitro benzene ring substituents is 2. The van der Waals surface area contributed by atoms with E-state index < -0.39 is 68.9 Å². The van der Waals surface area contributed by atoms with E-state index in [1.807, 2.05) is 4.72 Å². The van der Waals surface area contributed by atoms with Crippen molar-refractivity contribution in [2.24, 2.45) is 0 Å². The van der Waals surface area contributed by atoms with Gasteiger partial charge in [-0.25, -0.2) is 16.8 Å². The summed E-state index contributed by atoms with van der Waals surface area (Å²) in [7, 11) is -8.43. The molecule has 0 atom stereocenters. The molecule has 2 rings (SSSR count). The first kappa shape index (κ1) is 21.2. The molecule has 0 fully saturated rings. The fourth-order valence-electron chi connectivity index (χ4n) is 2.15. The van der Waals surface area contributed by atoms with Crippen molar-refractivity contribution in [2.45, 2.75) is 9.79 Å². The van der Waals surface area contributed by atoms with Gasteiger partial charge in [0, 0.05) is 18.2 Å².